The van der Waals surface area contributed by atoms with Gasteiger partial charge in [0, 0.05) is 6.07 Å². The van der Waals surface area contributed by atoms with Gasteiger partial charge in [-0.2, -0.15) is 0 Å². The third kappa shape index (κ3) is 3.37. The van der Waals surface area contributed by atoms with E-state index in [0.29, 0.717) is 6.07 Å². The van der Waals surface area contributed by atoms with E-state index in [1.807, 2.05) is 0 Å². The van der Waals surface area contributed by atoms with E-state index in [0.717, 1.165) is 12.1 Å². The van der Waals surface area contributed by atoms with Crippen LogP contribution in [0, 0.1) is 11.6 Å². The van der Waals surface area contributed by atoms with E-state index in [9.17, 15) is 22.0 Å². The molecule has 0 aliphatic heterocycles. The number of hydrogen-bond acceptors (Lipinski definition) is 3. The van der Waals surface area contributed by atoms with E-state index in [-0.39, 0.29) is 16.1 Å². The minimum Gasteiger partial charge on any atom is -0.280 e. The first-order valence-corrected chi connectivity index (χ1v) is 7.44. The minimum absolute atomic E-state index is 0.175. The van der Waals surface area contributed by atoms with Crippen LogP contribution in [0.3, 0.4) is 0 Å². The van der Waals surface area contributed by atoms with Gasteiger partial charge in [-0.15, -0.1) is 0 Å². The summed E-state index contributed by atoms with van der Waals surface area (Å²) >= 11 is 5.32. The lowest BCUT2D eigenvalue weighted by Gasteiger charge is -2.10. The highest BCUT2D eigenvalue weighted by Crippen LogP contribution is 2.22. The van der Waals surface area contributed by atoms with Crippen LogP contribution in [0.5, 0.6) is 0 Å². The van der Waals surface area contributed by atoms with Crippen LogP contribution in [0.2, 0.25) is 0 Å². The Morgan fingerprint density at radius 1 is 1.05 bits per heavy atom. The third-order valence-electron chi connectivity index (χ3n) is 2.56. The van der Waals surface area contributed by atoms with Crippen LogP contribution in [-0.4, -0.2) is 13.7 Å². The van der Waals surface area contributed by atoms with Crippen molar-refractivity contribution in [1.29, 1.82) is 0 Å². The van der Waals surface area contributed by atoms with Crippen LogP contribution in [-0.2, 0) is 10.0 Å². The molecule has 0 aliphatic carbocycles. The molecule has 1 N–H and O–H groups in total. The first-order valence-electron chi connectivity index (χ1n) is 5.58. The summed E-state index contributed by atoms with van der Waals surface area (Å²) in [5.41, 5.74) is -0.389. The first kappa shape index (κ1) is 15.4. The molecular weight excluding hydrogens is 324 g/mol. The van der Waals surface area contributed by atoms with Gasteiger partial charge in [0.05, 0.1) is 16.1 Å². The van der Waals surface area contributed by atoms with Crippen LogP contribution in [0.25, 0.3) is 0 Å². The number of benzene rings is 2. The molecule has 4 nitrogen and oxygen atoms in total. The van der Waals surface area contributed by atoms with Crippen LogP contribution in [0.15, 0.2) is 47.4 Å². The Balaban J connectivity index is 2.43. The average molecular weight is 332 g/mol. The van der Waals surface area contributed by atoms with E-state index in [4.69, 9.17) is 11.6 Å². The van der Waals surface area contributed by atoms with Gasteiger partial charge in [0.1, 0.15) is 0 Å². The molecule has 0 atom stereocenters. The standard InChI is InChI=1S/C13H8ClF2NO3S/c14-13(18)9-3-1-2-4-12(9)21(19,20)17-8-5-6-10(15)11(16)7-8/h1-7,17H. The number of sulfonamides is 1. The topological polar surface area (TPSA) is 63.2 Å². The second-order valence-electron chi connectivity index (χ2n) is 4.00. The third-order valence-corrected chi connectivity index (χ3v) is 4.20. The maximum absolute atomic E-state index is 13.1. The van der Waals surface area contributed by atoms with E-state index in [1.54, 1.807) is 0 Å². The summed E-state index contributed by atoms with van der Waals surface area (Å²) in [7, 11) is -4.16. The summed E-state index contributed by atoms with van der Waals surface area (Å²) in [4.78, 5) is 10.9. The summed E-state index contributed by atoms with van der Waals surface area (Å²) in [5, 5.41) is -0.943. The molecule has 2 aromatic rings. The van der Waals surface area contributed by atoms with Crippen molar-refractivity contribution in [2.24, 2.45) is 0 Å². The first-order chi connectivity index (χ1) is 9.81. The molecule has 2 rings (SSSR count). The molecule has 0 radical (unpaired) electrons. The molecule has 0 bridgehead atoms. The lowest BCUT2D eigenvalue weighted by atomic mass is 10.2. The molecule has 8 heteroatoms. The number of carbonyl (C=O) groups is 1. The quantitative estimate of drug-likeness (QED) is 0.875. The predicted octanol–water partition coefficient (Wildman–Crippen LogP) is 3.14. The Morgan fingerprint density at radius 3 is 2.33 bits per heavy atom. The van der Waals surface area contributed by atoms with E-state index in [2.05, 4.69) is 4.72 Å². The normalized spacial score (nSPS) is 11.2. The zero-order valence-corrected chi connectivity index (χ0v) is 11.9. The molecule has 2 aromatic carbocycles. The van der Waals surface area contributed by atoms with Crippen molar-refractivity contribution in [1.82, 2.24) is 0 Å². The molecule has 0 aliphatic rings. The molecule has 0 aromatic heterocycles. The minimum atomic E-state index is -4.16. The van der Waals surface area contributed by atoms with E-state index in [1.165, 1.54) is 24.3 Å². The highest BCUT2D eigenvalue weighted by atomic mass is 35.5. The molecule has 110 valence electrons. The van der Waals surface area contributed by atoms with Gasteiger partial charge in [-0.3, -0.25) is 9.52 Å². The van der Waals surface area contributed by atoms with Crippen molar-refractivity contribution in [3.8, 4) is 0 Å². The highest BCUT2D eigenvalue weighted by Gasteiger charge is 2.21. The number of carbonyl (C=O) groups excluding carboxylic acids is 1. The van der Waals surface area contributed by atoms with Crippen LogP contribution >= 0.6 is 11.6 Å². The number of anilines is 1. The Bertz CT molecular complexity index is 809. The molecule has 0 saturated heterocycles. The largest absolute Gasteiger partial charge is 0.280 e. The SMILES string of the molecule is O=C(Cl)c1ccccc1S(=O)(=O)Nc1ccc(F)c(F)c1. The van der Waals surface area contributed by atoms with E-state index >= 15 is 0 Å². The lowest BCUT2D eigenvalue weighted by molar-refractivity contribution is 0.107. The van der Waals surface area contributed by atoms with E-state index < -0.39 is 26.9 Å². The number of rotatable bonds is 4. The molecule has 0 heterocycles. The van der Waals surface area contributed by atoms with Crippen molar-refractivity contribution < 1.29 is 22.0 Å². The van der Waals surface area contributed by atoms with Gasteiger partial charge in [0.25, 0.3) is 15.3 Å². The number of halogens is 3. The molecule has 21 heavy (non-hydrogen) atoms. The fraction of sp³-hybridized carbons (Fsp3) is 0. The summed E-state index contributed by atoms with van der Waals surface area (Å²) in [6, 6.07) is 7.81. The molecule has 0 amide bonds. The van der Waals surface area contributed by atoms with Gasteiger partial charge in [-0.25, -0.2) is 17.2 Å². The van der Waals surface area contributed by atoms with Crippen LogP contribution in [0.1, 0.15) is 10.4 Å². The van der Waals surface area contributed by atoms with Crippen molar-refractivity contribution in [3.05, 3.63) is 59.7 Å². The molecular formula is C13H8ClF2NO3S. The Labute approximate surface area is 124 Å². The molecule has 0 fully saturated rings. The van der Waals surface area contributed by atoms with Crippen LogP contribution < -0.4 is 4.72 Å². The monoisotopic (exact) mass is 331 g/mol. The van der Waals surface area contributed by atoms with Gasteiger partial charge in [-0.05, 0) is 35.9 Å². The van der Waals surface area contributed by atoms with Crippen molar-refractivity contribution in [2.45, 2.75) is 4.90 Å². The summed E-state index contributed by atoms with van der Waals surface area (Å²) < 4.78 is 52.3. The zero-order chi connectivity index (χ0) is 15.6. The maximum atomic E-state index is 13.1. The fourth-order valence-electron chi connectivity index (χ4n) is 1.63. The summed E-state index contributed by atoms with van der Waals surface area (Å²) in [5.74, 6) is -2.30. The summed E-state index contributed by atoms with van der Waals surface area (Å²) in [6.07, 6.45) is 0. The number of nitrogens with one attached hydrogen (secondary N) is 1. The zero-order valence-electron chi connectivity index (χ0n) is 10.3. The predicted molar refractivity (Wildman–Crippen MR) is 73.8 cm³/mol. The summed E-state index contributed by atoms with van der Waals surface area (Å²) in [6.45, 7) is 0. The maximum Gasteiger partial charge on any atom is 0.262 e. The highest BCUT2D eigenvalue weighted by molar-refractivity contribution is 7.92. The lowest BCUT2D eigenvalue weighted by Crippen LogP contribution is -2.16. The molecule has 0 unspecified atom stereocenters. The Morgan fingerprint density at radius 2 is 1.71 bits per heavy atom. The Hall–Kier alpha value is -1.99. The second-order valence-corrected chi connectivity index (χ2v) is 6.00. The smallest absolute Gasteiger partial charge is 0.262 e. The van der Waals surface area contributed by atoms with Gasteiger partial charge in [0.2, 0.25) is 0 Å². The van der Waals surface area contributed by atoms with Crippen molar-refractivity contribution >= 4 is 32.6 Å². The van der Waals surface area contributed by atoms with Crippen molar-refractivity contribution in [3.63, 3.8) is 0 Å². The number of hydrogen-bond donors (Lipinski definition) is 1. The van der Waals surface area contributed by atoms with Gasteiger partial charge < -0.3 is 0 Å². The van der Waals surface area contributed by atoms with Gasteiger partial charge in [-0.1, -0.05) is 12.1 Å². The average Bonchev–Trinajstić information content (AvgIpc) is 2.42. The van der Waals surface area contributed by atoms with Gasteiger partial charge in [0.15, 0.2) is 11.6 Å². The Kier molecular flexibility index (Phi) is 4.24. The van der Waals surface area contributed by atoms with Crippen LogP contribution in [0.4, 0.5) is 14.5 Å². The fourth-order valence-corrected chi connectivity index (χ4v) is 3.11. The van der Waals surface area contributed by atoms with Crippen molar-refractivity contribution in [2.75, 3.05) is 4.72 Å². The second kappa shape index (κ2) is 5.79. The molecule has 0 saturated carbocycles. The molecule has 0 spiro atoms. The van der Waals surface area contributed by atoms with Gasteiger partial charge >= 0.3 is 0 Å².